The first-order chi connectivity index (χ1) is 5.93. The first-order valence-electron chi connectivity index (χ1n) is 4.69. The Labute approximate surface area is 82.5 Å². The number of carbonyl (C=O) groups is 1. The number of rotatable bonds is 5. The second kappa shape index (κ2) is 5.91. The average Bonchev–Trinajstić information content (AvgIpc) is 2.00. The highest BCUT2D eigenvalue weighted by Crippen LogP contribution is 1.98. The van der Waals surface area contributed by atoms with Gasteiger partial charge in [-0.05, 0) is 20.3 Å². The predicted octanol–water partition coefficient (Wildman–Crippen LogP) is 1.65. The van der Waals surface area contributed by atoms with Crippen LogP contribution in [0.15, 0.2) is 5.10 Å². The summed E-state index contributed by atoms with van der Waals surface area (Å²) in [7, 11) is 1.20. The van der Waals surface area contributed by atoms with Crippen LogP contribution < -0.4 is 0 Å². The van der Waals surface area contributed by atoms with Crippen molar-refractivity contribution >= 4 is 20.5 Å². The van der Waals surface area contributed by atoms with Crippen LogP contribution >= 0.6 is 0 Å². The second-order valence-corrected chi connectivity index (χ2v) is 6.64. The molecule has 0 N–H and O–H groups in total. The molecule has 0 aliphatic rings. The van der Waals surface area contributed by atoms with Gasteiger partial charge in [-0.2, -0.15) is 5.10 Å². The lowest BCUT2D eigenvalue weighted by Crippen LogP contribution is -2.26. The summed E-state index contributed by atoms with van der Waals surface area (Å²) >= 11 is 0. The van der Waals surface area contributed by atoms with E-state index in [0.717, 1.165) is 12.1 Å². The third kappa shape index (κ3) is 6.51. The fourth-order valence-corrected chi connectivity index (χ4v) is 1.22. The summed E-state index contributed by atoms with van der Waals surface area (Å²) in [6, 6.07) is 0. The summed E-state index contributed by atoms with van der Waals surface area (Å²) in [4.78, 5) is 10.7. The molecule has 3 nitrogen and oxygen atoms in total. The molecule has 0 aromatic rings. The van der Waals surface area contributed by atoms with Gasteiger partial charge >= 0.3 is 0 Å². The average molecular weight is 200 g/mol. The zero-order valence-electron chi connectivity index (χ0n) is 9.29. The van der Waals surface area contributed by atoms with Gasteiger partial charge < -0.3 is 9.47 Å². The molecular weight excluding hydrogens is 180 g/mol. The van der Waals surface area contributed by atoms with Crippen molar-refractivity contribution < 1.29 is 4.79 Å². The van der Waals surface area contributed by atoms with Crippen LogP contribution in [0.2, 0.25) is 13.1 Å². The SMILES string of the molecule is CC(=O)CCC(C)=NN(C)[SiH](C)C. The molecule has 0 heterocycles. The molecule has 0 bridgehead atoms. The minimum Gasteiger partial charge on any atom is -0.331 e. The minimum absolute atomic E-state index is 0.235. The molecule has 0 saturated heterocycles. The van der Waals surface area contributed by atoms with Crippen molar-refractivity contribution in [3.63, 3.8) is 0 Å². The van der Waals surface area contributed by atoms with Gasteiger partial charge in [0.1, 0.15) is 5.78 Å². The van der Waals surface area contributed by atoms with E-state index < -0.39 is 8.96 Å². The molecule has 76 valence electrons. The normalized spacial score (nSPS) is 12.0. The summed E-state index contributed by atoms with van der Waals surface area (Å²) in [6.07, 6.45) is 1.41. The molecule has 0 fully saturated rings. The zero-order chi connectivity index (χ0) is 10.4. The molecular formula is C9H20N2OSi. The molecule has 0 unspecified atom stereocenters. The Bertz CT molecular complexity index is 202. The molecule has 13 heavy (non-hydrogen) atoms. The van der Waals surface area contributed by atoms with E-state index in [1.807, 2.05) is 14.0 Å². The van der Waals surface area contributed by atoms with Gasteiger partial charge in [-0.25, -0.2) is 0 Å². The van der Waals surface area contributed by atoms with Crippen LogP contribution in [0.5, 0.6) is 0 Å². The van der Waals surface area contributed by atoms with Crippen LogP contribution in [0.3, 0.4) is 0 Å². The van der Waals surface area contributed by atoms with E-state index in [1.165, 1.54) is 0 Å². The molecule has 0 radical (unpaired) electrons. The fraction of sp³-hybridized carbons (Fsp3) is 0.778. The number of Topliss-reactive ketones (excluding diaryl/α,β-unsaturated/α-hetero) is 1. The Morgan fingerprint density at radius 3 is 2.23 bits per heavy atom. The summed E-state index contributed by atoms with van der Waals surface area (Å²) in [6.45, 7) is 8.05. The number of hydrogen-bond acceptors (Lipinski definition) is 3. The first kappa shape index (κ1) is 12.4. The number of hydrogen-bond donors (Lipinski definition) is 0. The maximum Gasteiger partial charge on any atom is 0.156 e. The molecule has 0 aliphatic carbocycles. The molecule has 0 rings (SSSR count). The monoisotopic (exact) mass is 200 g/mol. The van der Waals surface area contributed by atoms with Gasteiger partial charge in [0.05, 0.1) is 0 Å². The lowest BCUT2D eigenvalue weighted by Gasteiger charge is -2.17. The van der Waals surface area contributed by atoms with Gasteiger partial charge in [-0.1, -0.05) is 13.1 Å². The van der Waals surface area contributed by atoms with Crippen LogP contribution in [-0.2, 0) is 4.79 Å². The Morgan fingerprint density at radius 2 is 1.85 bits per heavy atom. The van der Waals surface area contributed by atoms with Gasteiger partial charge in [0.2, 0.25) is 0 Å². The van der Waals surface area contributed by atoms with E-state index >= 15 is 0 Å². The largest absolute Gasteiger partial charge is 0.331 e. The quantitative estimate of drug-likeness (QED) is 0.384. The maximum absolute atomic E-state index is 10.7. The smallest absolute Gasteiger partial charge is 0.156 e. The lowest BCUT2D eigenvalue weighted by atomic mass is 10.2. The van der Waals surface area contributed by atoms with E-state index in [1.54, 1.807) is 6.92 Å². The van der Waals surface area contributed by atoms with Gasteiger partial charge in [-0.15, -0.1) is 0 Å². The maximum atomic E-state index is 10.7. The number of hydrazone groups is 1. The second-order valence-electron chi connectivity index (χ2n) is 3.70. The van der Waals surface area contributed by atoms with Gasteiger partial charge in [-0.3, -0.25) is 0 Å². The van der Waals surface area contributed by atoms with Crippen molar-refractivity contribution in [2.75, 3.05) is 7.05 Å². The molecule has 0 amide bonds. The number of carbonyl (C=O) groups excluding carboxylic acids is 1. The summed E-state index contributed by atoms with van der Waals surface area (Å²) < 4.78 is 2.05. The molecule has 0 aliphatic heterocycles. The van der Waals surface area contributed by atoms with E-state index in [9.17, 15) is 4.79 Å². The summed E-state index contributed by atoms with van der Waals surface area (Å²) in [5, 5.41) is 4.41. The minimum atomic E-state index is -0.809. The van der Waals surface area contributed by atoms with E-state index in [0.29, 0.717) is 6.42 Å². The van der Waals surface area contributed by atoms with Crippen LogP contribution in [-0.4, -0.2) is 32.2 Å². The third-order valence-corrected chi connectivity index (χ3v) is 3.52. The highest BCUT2D eigenvalue weighted by Gasteiger charge is 2.02. The van der Waals surface area contributed by atoms with Gasteiger partial charge in [0.25, 0.3) is 0 Å². The van der Waals surface area contributed by atoms with E-state index in [4.69, 9.17) is 0 Å². The third-order valence-electron chi connectivity index (χ3n) is 1.91. The Hall–Kier alpha value is -0.643. The van der Waals surface area contributed by atoms with Crippen LogP contribution in [0.1, 0.15) is 26.7 Å². The van der Waals surface area contributed by atoms with Crippen molar-refractivity contribution in [2.24, 2.45) is 5.10 Å². The Kier molecular flexibility index (Phi) is 5.62. The zero-order valence-corrected chi connectivity index (χ0v) is 10.4. The number of nitrogens with zero attached hydrogens (tertiary/aromatic N) is 2. The van der Waals surface area contributed by atoms with Crippen molar-refractivity contribution in [1.82, 2.24) is 4.67 Å². The molecule has 0 aromatic carbocycles. The molecule has 0 atom stereocenters. The standard InChI is InChI=1S/C9H20N2OSi/c1-8(6-7-9(2)12)10-11(3)13(4)5/h13H,6-7H2,1-5H3. The summed E-state index contributed by atoms with van der Waals surface area (Å²) in [5.74, 6) is 0.235. The molecule has 0 spiro atoms. The van der Waals surface area contributed by atoms with Gasteiger partial charge in [0, 0.05) is 19.2 Å². The topological polar surface area (TPSA) is 32.7 Å². The number of ketones is 1. The highest BCUT2D eigenvalue weighted by atomic mass is 28.3. The Balaban J connectivity index is 3.94. The highest BCUT2D eigenvalue weighted by molar-refractivity contribution is 6.52. The lowest BCUT2D eigenvalue weighted by molar-refractivity contribution is -0.116. The molecule has 4 heteroatoms. The van der Waals surface area contributed by atoms with Crippen LogP contribution in [0, 0.1) is 0 Å². The van der Waals surface area contributed by atoms with E-state index in [-0.39, 0.29) is 5.78 Å². The Morgan fingerprint density at radius 1 is 1.31 bits per heavy atom. The summed E-state index contributed by atoms with van der Waals surface area (Å²) in [5.41, 5.74) is 1.05. The van der Waals surface area contributed by atoms with Crippen LogP contribution in [0.4, 0.5) is 0 Å². The van der Waals surface area contributed by atoms with Crippen molar-refractivity contribution in [1.29, 1.82) is 0 Å². The van der Waals surface area contributed by atoms with Crippen LogP contribution in [0.25, 0.3) is 0 Å². The van der Waals surface area contributed by atoms with Crippen molar-refractivity contribution in [3.8, 4) is 0 Å². The fourth-order valence-electron chi connectivity index (χ4n) is 0.792. The predicted molar refractivity (Wildman–Crippen MR) is 59.7 cm³/mol. The van der Waals surface area contributed by atoms with Gasteiger partial charge in [0.15, 0.2) is 8.96 Å². The van der Waals surface area contributed by atoms with Crippen molar-refractivity contribution in [3.05, 3.63) is 0 Å². The molecule has 0 aromatic heterocycles. The molecule has 0 saturated carbocycles. The van der Waals surface area contributed by atoms with E-state index in [2.05, 4.69) is 22.9 Å². The van der Waals surface area contributed by atoms with Crippen molar-refractivity contribution in [2.45, 2.75) is 39.8 Å². The first-order valence-corrected chi connectivity index (χ1v) is 7.52.